The van der Waals surface area contributed by atoms with Gasteiger partial charge in [-0.2, -0.15) is 4.98 Å². The van der Waals surface area contributed by atoms with E-state index in [1.54, 1.807) is 36.8 Å². The van der Waals surface area contributed by atoms with Gasteiger partial charge in [-0.15, -0.1) is 5.10 Å². The van der Waals surface area contributed by atoms with Gasteiger partial charge in [0.25, 0.3) is 6.43 Å². The fourth-order valence-electron chi connectivity index (χ4n) is 4.55. The zero-order valence-corrected chi connectivity index (χ0v) is 20.0. The molecule has 0 bridgehead atoms. The summed E-state index contributed by atoms with van der Waals surface area (Å²) in [7, 11) is 1.73. The molecule has 0 radical (unpaired) electrons. The third-order valence-electron chi connectivity index (χ3n) is 6.44. The lowest BCUT2D eigenvalue weighted by molar-refractivity contribution is -0.0584. The van der Waals surface area contributed by atoms with Crippen molar-refractivity contribution in [1.82, 2.24) is 34.0 Å². The normalized spacial score (nSPS) is 18.6. The van der Waals surface area contributed by atoms with E-state index in [1.165, 1.54) is 4.57 Å². The molecule has 0 aromatic carbocycles. The summed E-state index contributed by atoms with van der Waals surface area (Å²) in [4.78, 5) is 15.3. The largest absolute Gasteiger partial charge is 0.378 e. The molecular weight excluding hydrogens is 475 g/mol. The van der Waals surface area contributed by atoms with Crippen molar-refractivity contribution in [2.24, 2.45) is 0 Å². The van der Waals surface area contributed by atoms with Gasteiger partial charge < -0.3 is 20.4 Å². The van der Waals surface area contributed by atoms with Crippen molar-refractivity contribution in [3.63, 3.8) is 0 Å². The second-order valence-electron chi connectivity index (χ2n) is 8.86. The van der Waals surface area contributed by atoms with Crippen LogP contribution in [-0.2, 0) is 11.3 Å². The average molecular weight is 504 g/mol. The van der Waals surface area contributed by atoms with Gasteiger partial charge in [0, 0.05) is 31.9 Å². The number of nitrogens with one attached hydrogen (secondary N) is 1. The molecule has 2 aliphatic heterocycles. The lowest BCUT2D eigenvalue weighted by Crippen LogP contribution is -2.47. The maximum Gasteiger partial charge on any atom is 0.256 e. The number of imidazole rings is 1. The summed E-state index contributed by atoms with van der Waals surface area (Å²) < 4.78 is 46.5. The molecule has 6 rings (SSSR count). The highest BCUT2D eigenvalue weighted by atomic mass is 19.3. The molecule has 4 aromatic heterocycles. The summed E-state index contributed by atoms with van der Waals surface area (Å²) in [6.45, 7) is 4.42. The number of ether oxygens (including phenoxy) is 1. The Morgan fingerprint density at radius 1 is 1.19 bits per heavy atom. The van der Waals surface area contributed by atoms with Crippen molar-refractivity contribution in [2.75, 3.05) is 44.4 Å². The van der Waals surface area contributed by atoms with Gasteiger partial charge in [-0.3, -0.25) is 4.90 Å². The molecule has 0 spiro atoms. The number of nitrogens with two attached hydrogens (primary N) is 1. The van der Waals surface area contributed by atoms with E-state index in [2.05, 4.69) is 30.3 Å². The van der Waals surface area contributed by atoms with Gasteiger partial charge in [0.2, 0.25) is 5.95 Å². The number of anilines is 2. The van der Waals surface area contributed by atoms with Gasteiger partial charge in [0.1, 0.15) is 23.0 Å². The number of aromatic nitrogens is 6. The minimum Gasteiger partial charge on any atom is -0.378 e. The standard InChI is InChI=1S/C16H16F2N8.C7H12FNO/c1-8-21-11-4-3-10(22-15(11)25(8)7-12(17)18)9-5-6-26-13(9)14(20-2)23-16(19)24-26;8-6-1-2-9(3-6)7-4-10-5-7/h3-6,12H,7H2,1-2H3,(H3,19,20,23,24);6-7H,1-5H2/t;6-/m.1/s1. The number of hydrogen-bond donors (Lipinski definition) is 2. The van der Waals surface area contributed by atoms with Crippen LogP contribution in [-0.4, -0.2) is 86.0 Å². The van der Waals surface area contributed by atoms with Crippen molar-refractivity contribution in [3.05, 3.63) is 30.2 Å². The number of rotatable bonds is 5. The van der Waals surface area contributed by atoms with Crippen LogP contribution >= 0.6 is 0 Å². The van der Waals surface area contributed by atoms with E-state index in [4.69, 9.17) is 10.5 Å². The van der Waals surface area contributed by atoms with Gasteiger partial charge in [-0.25, -0.2) is 27.7 Å². The zero-order chi connectivity index (χ0) is 25.4. The molecule has 192 valence electrons. The van der Waals surface area contributed by atoms with Crippen LogP contribution in [0.25, 0.3) is 27.9 Å². The predicted octanol–water partition coefficient (Wildman–Crippen LogP) is 2.77. The Morgan fingerprint density at radius 2 is 2.00 bits per heavy atom. The van der Waals surface area contributed by atoms with Crippen LogP contribution in [0.5, 0.6) is 0 Å². The van der Waals surface area contributed by atoms with E-state index in [1.807, 2.05) is 6.07 Å². The Balaban J connectivity index is 0.000000222. The lowest BCUT2D eigenvalue weighted by atomic mass is 10.2. The summed E-state index contributed by atoms with van der Waals surface area (Å²) >= 11 is 0. The van der Waals surface area contributed by atoms with E-state index in [-0.39, 0.29) is 5.95 Å². The first-order chi connectivity index (χ1) is 17.3. The molecule has 13 heteroatoms. The molecular formula is C23H28F3N9O. The van der Waals surface area contributed by atoms with Crippen molar-refractivity contribution >= 4 is 28.4 Å². The minimum atomic E-state index is -2.49. The van der Waals surface area contributed by atoms with Crippen LogP contribution in [0.4, 0.5) is 24.9 Å². The number of fused-ring (bicyclic) bond motifs is 2. The van der Waals surface area contributed by atoms with Crippen LogP contribution < -0.4 is 11.1 Å². The molecule has 1 atom stereocenters. The average Bonchev–Trinajstić information content (AvgIpc) is 3.50. The summed E-state index contributed by atoms with van der Waals surface area (Å²) in [5.41, 5.74) is 8.78. The molecule has 36 heavy (non-hydrogen) atoms. The predicted molar refractivity (Wildman–Crippen MR) is 130 cm³/mol. The summed E-state index contributed by atoms with van der Waals surface area (Å²) in [5, 5.41) is 7.14. The SMILES string of the molecule is CNc1nc(N)nn2ccc(-c3ccc4nc(C)n(CC(F)F)c4n3)c12.F[C@@H]1CCN(C2COC2)C1. The van der Waals surface area contributed by atoms with Crippen LogP contribution in [0.3, 0.4) is 0 Å². The van der Waals surface area contributed by atoms with E-state index in [9.17, 15) is 13.2 Å². The second kappa shape index (κ2) is 9.90. The first-order valence-corrected chi connectivity index (χ1v) is 11.7. The fourth-order valence-corrected chi connectivity index (χ4v) is 4.55. The number of aryl methyl sites for hydroxylation is 1. The fraction of sp³-hybridized carbons (Fsp3) is 0.478. The van der Waals surface area contributed by atoms with Gasteiger partial charge >= 0.3 is 0 Å². The highest BCUT2D eigenvalue weighted by Crippen LogP contribution is 2.30. The molecule has 0 unspecified atom stereocenters. The van der Waals surface area contributed by atoms with Crippen LogP contribution in [0.1, 0.15) is 12.2 Å². The highest BCUT2D eigenvalue weighted by molar-refractivity contribution is 5.89. The van der Waals surface area contributed by atoms with Gasteiger partial charge in [-0.05, 0) is 31.5 Å². The number of nitrogens with zero attached hydrogens (tertiary/aromatic N) is 7. The first-order valence-electron chi connectivity index (χ1n) is 11.7. The third-order valence-corrected chi connectivity index (χ3v) is 6.44. The van der Waals surface area contributed by atoms with Crippen molar-refractivity contribution < 1.29 is 17.9 Å². The molecule has 0 amide bonds. The zero-order valence-electron chi connectivity index (χ0n) is 20.0. The quantitative estimate of drug-likeness (QED) is 0.428. The van der Waals surface area contributed by atoms with Crippen LogP contribution in [0, 0.1) is 6.92 Å². The molecule has 2 saturated heterocycles. The maximum atomic E-state index is 12.9. The Labute approximate surface area is 205 Å². The Morgan fingerprint density at radius 3 is 2.64 bits per heavy atom. The Kier molecular flexibility index (Phi) is 6.67. The molecule has 3 N–H and O–H groups in total. The summed E-state index contributed by atoms with van der Waals surface area (Å²) in [6, 6.07) is 5.93. The lowest BCUT2D eigenvalue weighted by Gasteiger charge is -2.34. The van der Waals surface area contributed by atoms with Crippen molar-refractivity contribution in [3.8, 4) is 11.3 Å². The second-order valence-corrected chi connectivity index (χ2v) is 8.86. The van der Waals surface area contributed by atoms with Crippen molar-refractivity contribution in [2.45, 2.75) is 38.5 Å². The molecule has 4 aromatic rings. The van der Waals surface area contributed by atoms with E-state index in [0.29, 0.717) is 46.6 Å². The van der Waals surface area contributed by atoms with Gasteiger partial charge in [0.15, 0.2) is 11.5 Å². The number of halogens is 3. The van der Waals surface area contributed by atoms with Crippen molar-refractivity contribution in [1.29, 1.82) is 0 Å². The number of pyridine rings is 1. The summed E-state index contributed by atoms with van der Waals surface area (Å²) in [5.74, 6) is 1.19. The molecule has 6 heterocycles. The van der Waals surface area contributed by atoms with Crippen LogP contribution in [0.2, 0.25) is 0 Å². The molecule has 2 fully saturated rings. The topological polar surface area (TPSA) is 111 Å². The third kappa shape index (κ3) is 4.67. The molecule has 10 nitrogen and oxygen atoms in total. The van der Waals surface area contributed by atoms with Crippen LogP contribution in [0.15, 0.2) is 24.4 Å². The number of hydrogen-bond acceptors (Lipinski definition) is 8. The minimum absolute atomic E-state index is 0.137. The molecule has 0 saturated carbocycles. The highest BCUT2D eigenvalue weighted by Gasteiger charge is 2.32. The molecule has 2 aliphatic rings. The van der Waals surface area contributed by atoms with E-state index >= 15 is 0 Å². The summed E-state index contributed by atoms with van der Waals surface area (Å²) in [6.07, 6.45) is -0.604. The van der Waals surface area contributed by atoms with Gasteiger partial charge in [-0.1, -0.05) is 0 Å². The Bertz CT molecular complexity index is 1370. The Hall–Kier alpha value is -3.45. The van der Waals surface area contributed by atoms with E-state index in [0.717, 1.165) is 31.7 Å². The number of likely N-dealkylation sites (tertiary alicyclic amines) is 1. The number of alkyl halides is 3. The monoisotopic (exact) mass is 503 g/mol. The smallest absolute Gasteiger partial charge is 0.256 e. The van der Waals surface area contributed by atoms with E-state index < -0.39 is 19.1 Å². The first kappa shape index (κ1) is 24.3. The molecule has 0 aliphatic carbocycles. The maximum absolute atomic E-state index is 12.9. The van der Waals surface area contributed by atoms with Gasteiger partial charge in [0.05, 0.1) is 31.5 Å². The number of nitrogen functional groups attached to an aromatic ring is 1.